The van der Waals surface area contributed by atoms with Crippen LogP contribution in [-0.4, -0.2) is 89.5 Å². The van der Waals surface area contributed by atoms with Crippen LogP contribution in [0.2, 0.25) is 0 Å². The molecule has 5 rings (SSSR count). The quantitative estimate of drug-likeness (QED) is 0.412. The molecule has 2 aromatic carbocycles. The summed E-state index contributed by atoms with van der Waals surface area (Å²) in [5.74, 6) is -0.00260. The van der Waals surface area contributed by atoms with Gasteiger partial charge in [-0.1, -0.05) is 24.3 Å². The van der Waals surface area contributed by atoms with Gasteiger partial charge in [0.2, 0.25) is 0 Å². The average molecular weight is 587 g/mol. The van der Waals surface area contributed by atoms with Crippen molar-refractivity contribution in [3.63, 3.8) is 0 Å². The van der Waals surface area contributed by atoms with Gasteiger partial charge in [0.15, 0.2) is 0 Å². The van der Waals surface area contributed by atoms with Crippen molar-refractivity contribution in [2.75, 3.05) is 57.3 Å². The Bertz CT molecular complexity index is 1400. The van der Waals surface area contributed by atoms with Crippen LogP contribution in [0.25, 0.3) is 5.69 Å². The Labute approximate surface area is 255 Å². The summed E-state index contributed by atoms with van der Waals surface area (Å²) in [4.78, 5) is 32.9. The van der Waals surface area contributed by atoms with E-state index in [0.29, 0.717) is 25.2 Å². The highest BCUT2D eigenvalue weighted by molar-refractivity contribution is 5.95. The maximum absolute atomic E-state index is 13.6. The monoisotopic (exact) mass is 586 g/mol. The molecule has 230 valence electrons. The fourth-order valence-corrected chi connectivity index (χ4v) is 5.94. The van der Waals surface area contributed by atoms with E-state index < -0.39 is 5.60 Å². The number of hydrogen-bond acceptors (Lipinski definition) is 6. The normalized spacial score (nSPS) is 16.8. The summed E-state index contributed by atoms with van der Waals surface area (Å²) < 4.78 is 7.53. The minimum absolute atomic E-state index is 0.0922. The number of anilines is 1. The number of para-hydroxylation sites is 1. The summed E-state index contributed by atoms with van der Waals surface area (Å²) >= 11 is 0. The number of piperazine rings is 1. The summed E-state index contributed by atoms with van der Waals surface area (Å²) in [5.41, 5.74) is 5.60. The van der Waals surface area contributed by atoms with Crippen molar-refractivity contribution in [3.8, 4) is 5.69 Å². The van der Waals surface area contributed by atoms with Crippen molar-refractivity contribution in [2.24, 2.45) is 0 Å². The molecule has 0 saturated carbocycles. The van der Waals surface area contributed by atoms with E-state index in [0.717, 1.165) is 56.9 Å². The van der Waals surface area contributed by atoms with E-state index >= 15 is 0 Å². The molecular formula is C34H46N6O3. The number of hydrogen-bond donors (Lipinski definition) is 1. The molecule has 9 heteroatoms. The second-order valence-electron chi connectivity index (χ2n) is 12.8. The van der Waals surface area contributed by atoms with E-state index in [1.807, 2.05) is 31.5 Å². The third-order valence-electron chi connectivity index (χ3n) is 8.53. The largest absolute Gasteiger partial charge is 0.444 e. The van der Waals surface area contributed by atoms with E-state index in [4.69, 9.17) is 9.84 Å². The van der Waals surface area contributed by atoms with Crippen LogP contribution in [0.4, 0.5) is 10.5 Å². The third kappa shape index (κ3) is 7.57. The molecule has 0 unspecified atom stereocenters. The topological polar surface area (TPSA) is 82.9 Å². The predicted molar refractivity (Wildman–Crippen MR) is 170 cm³/mol. The van der Waals surface area contributed by atoms with E-state index in [1.165, 1.54) is 16.8 Å². The number of carbonyl (C=O) groups is 2. The molecule has 43 heavy (non-hydrogen) atoms. The molecule has 1 aromatic heterocycles. The minimum Gasteiger partial charge on any atom is -0.444 e. The number of rotatable bonds is 7. The van der Waals surface area contributed by atoms with Gasteiger partial charge in [-0.3, -0.25) is 9.69 Å². The summed E-state index contributed by atoms with van der Waals surface area (Å²) in [5, 5.41) is 7.90. The number of ether oxygens (including phenoxy) is 1. The molecule has 1 N–H and O–H groups in total. The van der Waals surface area contributed by atoms with Gasteiger partial charge in [0.25, 0.3) is 5.91 Å². The zero-order chi connectivity index (χ0) is 30.6. The van der Waals surface area contributed by atoms with Crippen LogP contribution in [0.15, 0.2) is 54.7 Å². The smallest absolute Gasteiger partial charge is 0.410 e. The molecule has 2 amide bonds. The molecule has 0 atom stereocenters. The first-order valence-electron chi connectivity index (χ1n) is 15.5. The number of carbonyl (C=O) groups excluding carboxylic acids is 2. The molecular weight excluding hydrogens is 540 g/mol. The molecule has 3 aromatic rings. The molecule has 9 nitrogen and oxygen atoms in total. The minimum atomic E-state index is -0.531. The maximum atomic E-state index is 13.6. The average Bonchev–Trinajstić information content (AvgIpc) is 3.44. The Morgan fingerprint density at radius 3 is 2.26 bits per heavy atom. The number of aromatic nitrogens is 2. The number of nitrogens with zero attached hydrogens (tertiary/aromatic N) is 5. The van der Waals surface area contributed by atoms with E-state index in [9.17, 15) is 9.59 Å². The summed E-state index contributed by atoms with van der Waals surface area (Å²) in [6.07, 6.45) is 2.90. The van der Waals surface area contributed by atoms with Gasteiger partial charge in [-0.05, 0) is 82.9 Å². The highest BCUT2D eigenvalue weighted by Gasteiger charge is 2.32. The lowest BCUT2D eigenvalue weighted by atomic mass is 9.90. The van der Waals surface area contributed by atoms with Crippen LogP contribution in [-0.2, 0) is 4.74 Å². The lowest BCUT2D eigenvalue weighted by molar-refractivity contribution is 0.0203. The zero-order valence-electron chi connectivity index (χ0n) is 26.3. The van der Waals surface area contributed by atoms with Crippen LogP contribution >= 0.6 is 0 Å². The second kappa shape index (κ2) is 13.2. The molecule has 2 saturated heterocycles. The summed E-state index contributed by atoms with van der Waals surface area (Å²) in [7, 11) is 0. The summed E-state index contributed by atoms with van der Waals surface area (Å²) in [6.45, 7) is 16.3. The van der Waals surface area contributed by atoms with Crippen LogP contribution in [0, 0.1) is 13.8 Å². The first kappa shape index (κ1) is 30.6. The van der Waals surface area contributed by atoms with Crippen molar-refractivity contribution in [1.82, 2.24) is 24.9 Å². The van der Waals surface area contributed by atoms with Crippen molar-refractivity contribution < 1.29 is 14.3 Å². The van der Waals surface area contributed by atoms with Gasteiger partial charge in [0.1, 0.15) is 5.60 Å². The van der Waals surface area contributed by atoms with E-state index in [-0.39, 0.29) is 17.9 Å². The van der Waals surface area contributed by atoms with Crippen LogP contribution < -0.4 is 10.2 Å². The molecule has 0 aliphatic carbocycles. The molecule has 0 spiro atoms. The Hall–Kier alpha value is -3.85. The number of benzene rings is 2. The van der Waals surface area contributed by atoms with Crippen molar-refractivity contribution in [1.29, 1.82) is 0 Å². The SMILES string of the molecule is Cc1ccc(-n2ncc(C(=O)NCCN3CCN(c4ccccc4)CC3)c2C2CCN(C(=O)OC(C)(C)C)CC2)cc1C. The highest BCUT2D eigenvalue weighted by Crippen LogP contribution is 2.33. The second-order valence-corrected chi connectivity index (χ2v) is 12.8. The van der Waals surface area contributed by atoms with Gasteiger partial charge in [-0.15, -0.1) is 0 Å². The molecule has 0 radical (unpaired) electrons. The molecule has 3 heterocycles. The zero-order valence-corrected chi connectivity index (χ0v) is 26.3. The Morgan fingerprint density at radius 2 is 1.60 bits per heavy atom. The number of nitrogens with one attached hydrogen (secondary N) is 1. The van der Waals surface area contributed by atoms with E-state index in [2.05, 4.69) is 71.4 Å². The number of amides is 2. The van der Waals surface area contributed by atoms with Crippen LogP contribution in [0.1, 0.15) is 66.7 Å². The Morgan fingerprint density at radius 1 is 0.907 bits per heavy atom. The van der Waals surface area contributed by atoms with Gasteiger partial charge in [0.05, 0.1) is 23.1 Å². The van der Waals surface area contributed by atoms with Crippen molar-refractivity contribution >= 4 is 17.7 Å². The van der Waals surface area contributed by atoms with Crippen LogP contribution in [0.3, 0.4) is 0 Å². The lowest BCUT2D eigenvalue weighted by Gasteiger charge is -2.36. The fraction of sp³-hybridized carbons (Fsp3) is 0.500. The molecule has 2 aliphatic rings. The maximum Gasteiger partial charge on any atom is 0.410 e. The predicted octanol–water partition coefficient (Wildman–Crippen LogP) is 5.16. The van der Waals surface area contributed by atoms with Crippen LogP contribution in [0.5, 0.6) is 0 Å². The Kier molecular flexibility index (Phi) is 9.40. The molecule has 2 fully saturated rings. The van der Waals surface area contributed by atoms with Gasteiger partial charge < -0.3 is 19.9 Å². The first-order valence-corrected chi connectivity index (χ1v) is 15.5. The molecule has 0 bridgehead atoms. The molecule has 2 aliphatic heterocycles. The lowest BCUT2D eigenvalue weighted by Crippen LogP contribution is -2.48. The van der Waals surface area contributed by atoms with E-state index in [1.54, 1.807) is 11.1 Å². The summed E-state index contributed by atoms with van der Waals surface area (Å²) in [6, 6.07) is 16.8. The van der Waals surface area contributed by atoms with Gasteiger partial charge in [-0.2, -0.15) is 5.10 Å². The van der Waals surface area contributed by atoms with Crippen molar-refractivity contribution in [3.05, 3.63) is 77.1 Å². The number of likely N-dealkylation sites (tertiary alicyclic amines) is 1. The third-order valence-corrected chi connectivity index (χ3v) is 8.53. The first-order chi connectivity index (χ1) is 20.6. The van der Waals surface area contributed by atoms with Gasteiger partial charge >= 0.3 is 6.09 Å². The van der Waals surface area contributed by atoms with Crippen molar-refractivity contribution in [2.45, 2.75) is 59.0 Å². The fourth-order valence-electron chi connectivity index (χ4n) is 5.94. The Balaban J connectivity index is 1.25. The number of piperidine rings is 1. The van der Waals surface area contributed by atoms with Gasteiger partial charge in [0, 0.05) is 64.0 Å². The number of aryl methyl sites for hydroxylation is 2. The highest BCUT2D eigenvalue weighted by atomic mass is 16.6. The standard InChI is InChI=1S/C34H46N6O3/c1-25-11-12-29(23-26(25)2)40-31(27-13-16-39(17-14-27)33(42)43-34(3,4)5)30(24-36-40)32(41)35-15-18-37-19-21-38(22-20-37)28-9-7-6-8-10-28/h6-12,23-24,27H,13-22H2,1-5H3,(H,35,41). The van der Waals surface area contributed by atoms with Gasteiger partial charge in [-0.25, -0.2) is 9.48 Å².